The molecule has 0 radical (unpaired) electrons. The van der Waals surface area contributed by atoms with Crippen LogP contribution < -0.4 is 10.6 Å². The molecule has 0 bridgehead atoms. The van der Waals surface area contributed by atoms with Crippen molar-refractivity contribution in [2.75, 3.05) is 18.6 Å². The van der Waals surface area contributed by atoms with Crippen LogP contribution in [0.25, 0.3) is 0 Å². The third-order valence-electron chi connectivity index (χ3n) is 2.17. The lowest BCUT2D eigenvalue weighted by Crippen LogP contribution is -2.02. The zero-order valence-corrected chi connectivity index (χ0v) is 10.0. The van der Waals surface area contributed by atoms with Gasteiger partial charge in [0.15, 0.2) is 0 Å². The van der Waals surface area contributed by atoms with Gasteiger partial charge in [0.1, 0.15) is 13.5 Å². The first-order chi connectivity index (χ1) is 7.55. The highest BCUT2D eigenvalue weighted by Crippen LogP contribution is 2.34. The topological polar surface area (TPSA) is 70.7 Å². The van der Waals surface area contributed by atoms with Crippen molar-refractivity contribution in [2.45, 2.75) is 0 Å². The number of aromatic nitrogens is 3. The second-order valence-corrected chi connectivity index (χ2v) is 7.08. The maximum Gasteiger partial charge on any atom is 0.226 e. The number of hydrogen-bond acceptors (Lipinski definition) is 4. The van der Waals surface area contributed by atoms with Crippen LogP contribution >= 0.6 is 7.14 Å². The molecule has 1 aromatic carbocycles. The Morgan fingerprint density at radius 3 is 2.44 bits per heavy atom. The minimum Gasteiger partial charge on any atom is -0.324 e. The monoisotopic (exact) mass is 236 g/mol. The quantitative estimate of drug-likeness (QED) is 0.797. The average molecular weight is 236 g/mol. The molecule has 6 heteroatoms. The molecule has 2 rings (SSSR count). The molecule has 0 saturated carbocycles. The molecule has 2 aromatic rings. The number of anilines is 2. The predicted octanol–water partition coefficient (Wildman–Crippen LogP) is 1.80. The van der Waals surface area contributed by atoms with Crippen LogP contribution in [-0.4, -0.2) is 28.5 Å². The van der Waals surface area contributed by atoms with Crippen LogP contribution in [0, 0.1) is 0 Å². The number of aromatic amines is 1. The van der Waals surface area contributed by atoms with Crippen LogP contribution in [0.3, 0.4) is 0 Å². The Morgan fingerprint density at radius 1 is 1.25 bits per heavy atom. The van der Waals surface area contributed by atoms with Gasteiger partial charge in [-0.25, -0.2) is 0 Å². The normalized spacial score (nSPS) is 11.4. The summed E-state index contributed by atoms with van der Waals surface area (Å²) in [5, 5.41) is 11.4. The second-order valence-electron chi connectivity index (χ2n) is 3.86. The summed E-state index contributed by atoms with van der Waals surface area (Å²) in [6, 6.07) is 7.47. The van der Waals surface area contributed by atoms with Crippen molar-refractivity contribution in [2.24, 2.45) is 0 Å². The summed E-state index contributed by atoms with van der Waals surface area (Å²) in [5.41, 5.74) is 0.883. The van der Waals surface area contributed by atoms with Gasteiger partial charge in [-0.15, -0.1) is 10.2 Å². The molecule has 2 N–H and O–H groups in total. The van der Waals surface area contributed by atoms with Crippen LogP contribution in [-0.2, 0) is 4.57 Å². The van der Waals surface area contributed by atoms with Crippen molar-refractivity contribution in [3.8, 4) is 0 Å². The van der Waals surface area contributed by atoms with E-state index in [9.17, 15) is 4.57 Å². The Balaban J connectivity index is 2.17. The van der Waals surface area contributed by atoms with E-state index in [-0.39, 0.29) is 0 Å². The number of nitrogens with zero attached hydrogens (tertiary/aromatic N) is 2. The van der Waals surface area contributed by atoms with Gasteiger partial charge in [0.2, 0.25) is 5.95 Å². The van der Waals surface area contributed by atoms with Gasteiger partial charge < -0.3 is 14.9 Å². The van der Waals surface area contributed by atoms with Gasteiger partial charge in [-0.3, -0.25) is 0 Å². The zero-order chi connectivity index (χ0) is 11.6. The first-order valence-corrected chi connectivity index (χ1v) is 7.44. The van der Waals surface area contributed by atoms with Crippen LogP contribution in [0.1, 0.15) is 0 Å². The van der Waals surface area contributed by atoms with Crippen LogP contribution in [0.2, 0.25) is 0 Å². The predicted molar refractivity (Wildman–Crippen MR) is 65.2 cm³/mol. The third-order valence-corrected chi connectivity index (χ3v) is 3.71. The molecule has 1 heterocycles. The van der Waals surface area contributed by atoms with E-state index in [0.717, 1.165) is 11.0 Å². The summed E-state index contributed by atoms with van der Waals surface area (Å²) >= 11 is 0. The maximum absolute atomic E-state index is 11.8. The lowest BCUT2D eigenvalue weighted by atomic mass is 10.3. The lowest BCUT2D eigenvalue weighted by molar-refractivity contribution is 0.588. The molecule has 84 valence electrons. The average Bonchev–Trinajstić information content (AvgIpc) is 2.70. The molecule has 0 aliphatic carbocycles. The van der Waals surface area contributed by atoms with Crippen molar-refractivity contribution < 1.29 is 4.57 Å². The highest BCUT2D eigenvalue weighted by molar-refractivity contribution is 7.70. The Kier molecular flexibility index (Phi) is 2.79. The second kappa shape index (κ2) is 4.10. The van der Waals surface area contributed by atoms with Crippen LogP contribution in [0.4, 0.5) is 11.6 Å². The fourth-order valence-electron chi connectivity index (χ4n) is 1.31. The molecule has 16 heavy (non-hydrogen) atoms. The SMILES string of the molecule is CP(C)(=O)c1ccc(Nc2nnc[nH]2)cc1. The van der Waals surface area contributed by atoms with Gasteiger partial charge in [-0.2, -0.15) is 0 Å². The molecule has 0 atom stereocenters. The lowest BCUT2D eigenvalue weighted by Gasteiger charge is -2.08. The molecule has 1 aromatic heterocycles. The number of benzene rings is 1. The summed E-state index contributed by atoms with van der Waals surface area (Å²) in [7, 11) is -2.17. The summed E-state index contributed by atoms with van der Waals surface area (Å²) in [6.45, 7) is 3.51. The summed E-state index contributed by atoms with van der Waals surface area (Å²) < 4.78 is 11.8. The minimum absolute atomic E-state index is 0.587. The summed E-state index contributed by atoms with van der Waals surface area (Å²) in [5.74, 6) is 0.587. The van der Waals surface area contributed by atoms with E-state index in [1.807, 2.05) is 24.3 Å². The highest BCUT2D eigenvalue weighted by Gasteiger charge is 2.10. The summed E-state index contributed by atoms with van der Waals surface area (Å²) in [6.07, 6.45) is 1.50. The smallest absolute Gasteiger partial charge is 0.226 e. The van der Waals surface area contributed by atoms with Gasteiger partial charge in [0, 0.05) is 11.0 Å². The molecule has 5 nitrogen and oxygen atoms in total. The maximum atomic E-state index is 11.8. The standard InChI is InChI=1S/C10H13N4OP/c1-16(2,15)9-5-3-8(4-6-9)13-10-11-7-12-14-10/h3-7H,1-2H3,(H2,11,12,13,14). The Labute approximate surface area is 93.7 Å². The zero-order valence-electron chi connectivity index (χ0n) is 9.14. The summed E-state index contributed by atoms with van der Waals surface area (Å²) in [4.78, 5) is 2.84. The van der Waals surface area contributed by atoms with E-state index < -0.39 is 7.14 Å². The van der Waals surface area contributed by atoms with Crippen LogP contribution in [0.5, 0.6) is 0 Å². The molecule has 0 spiro atoms. The van der Waals surface area contributed by atoms with E-state index in [2.05, 4.69) is 20.5 Å². The first-order valence-electron chi connectivity index (χ1n) is 4.84. The van der Waals surface area contributed by atoms with Crippen molar-refractivity contribution in [3.05, 3.63) is 30.6 Å². The molecule has 0 unspecified atom stereocenters. The van der Waals surface area contributed by atoms with E-state index in [1.54, 1.807) is 13.3 Å². The van der Waals surface area contributed by atoms with Crippen LogP contribution in [0.15, 0.2) is 30.6 Å². The van der Waals surface area contributed by atoms with E-state index in [4.69, 9.17) is 0 Å². The fraction of sp³-hybridized carbons (Fsp3) is 0.200. The van der Waals surface area contributed by atoms with Crippen molar-refractivity contribution in [1.82, 2.24) is 15.2 Å². The molecule has 0 aliphatic rings. The van der Waals surface area contributed by atoms with Gasteiger partial charge in [0.05, 0.1) is 0 Å². The van der Waals surface area contributed by atoms with Gasteiger partial charge in [-0.1, -0.05) is 0 Å². The molecule has 0 fully saturated rings. The number of hydrogen-bond donors (Lipinski definition) is 2. The molecule has 0 amide bonds. The van der Waals surface area contributed by atoms with Crippen molar-refractivity contribution in [1.29, 1.82) is 0 Å². The Bertz CT molecular complexity index is 500. The van der Waals surface area contributed by atoms with E-state index >= 15 is 0 Å². The first kappa shape index (κ1) is 10.9. The molecular formula is C10H13N4OP. The van der Waals surface area contributed by atoms with Gasteiger partial charge in [0.25, 0.3) is 0 Å². The Hall–Kier alpha value is -1.61. The van der Waals surface area contributed by atoms with Crippen molar-refractivity contribution >= 4 is 24.1 Å². The fourth-order valence-corrected chi connectivity index (χ4v) is 2.17. The number of nitrogens with one attached hydrogen (secondary N) is 2. The molecular weight excluding hydrogens is 223 g/mol. The molecule has 0 saturated heterocycles. The molecule has 0 aliphatic heterocycles. The van der Waals surface area contributed by atoms with Crippen molar-refractivity contribution in [3.63, 3.8) is 0 Å². The minimum atomic E-state index is -2.17. The van der Waals surface area contributed by atoms with E-state index in [1.165, 1.54) is 6.33 Å². The van der Waals surface area contributed by atoms with Gasteiger partial charge in [-0.05, 0) is 37.6 Å². The van der Waals surface area contributed by atoms with Gasteiger partial charge >= 0.3 is 0 Å². The highest BCUT2D eigenvalue weighted by atomic mass is 31.2. The Morgan fingerprint density at radius 2 is 1.94 bits per heavy atom. The van der Waals surface area contributed by atoms with E-state index in [0.29, 0.717) is 5.95 Å². The number of rotatable bonds is 3. The third kappa shape index (κ3) is 2.49. The largest absolute Gasteiger partial charge is 0.324 e. The number of H-pyrrole nitrogens is 1.